The van der Waals surface area contributed by atoms with Crippen LogP contribution in [0.1, 0.15) is 5.89 Å². The van der Waals surface area contributed by atoms with Gasteiger partial charge in [-0.05, 0) is 31.3 Å². The lowest BCUT2D eigenvalue weighted by molar-refractivity contribution is 0.208. The van der Waals surface area contributed by atoms with Crippen LogP contribution in [0.4, 0.5) is 4.39 Å². The largest absolute Gasteiger partial charge is 0.489 e. The number of nitrogens with zero attached hydrogens (tertiary/aromatic N) is 4. The van der Waals surface area contributed by atoms with Crippen molar-refractivity contribution in [3.8, 4) is 17.3 Å². The average Bonchev–Trinajstić information content (AvgIpc) is 3.06. The van der Waals surface area contributed by atoms with Crippen LogP contribution in [0.5, 0.6) is 5.75 Å². The molecule has 0 spiro atoms. The Labute approximate surface area is 138 Å². The smallest absolute Gasteiger partial charge is 0.241 e. The summed E-state index contributed by atoms with van der Waals surface area (Å²) in [7, 11) is 1.90. The third kappa shape index (κ3) is 4.14. The summed E-state index contributed by atoms with van der Waals surface area (Å²) in [6.07, 6.45) is 1.68. The third-order valence-electron chi connectivity index (χ3n) is 3.33. The summed E-state index contributed by atoms with van der Waals surface area (Å²) in [5.74, 6) is 0.837. The molecule has 3 rings (SSSR count). The maximum atomic E-state index is 13.4. The summed E-state index contributed by atoms with van der Waals surface area (Å²) >= 11 is 0. The highest BCUT2D eigenvalue weighted by molar-refractivity contribution is 5.46. The van der Waals surface area contributed by atoms with Crippen LogP contribution in [0.3, 0.4) is 0 Å². The van der Waals surface area contributed by atoms with Crippen LogP contribution in [-0.2, 0) is 6.54 Å². The molecule has 0 bridgehead atoms. The second-order valence-corrected chi connectivity index (χ2v) is 5.24. The number of aromatic nitrogens is 3. The summed E-state index contributed by atoms with van der Waals surface area (Å²) in [4.78, 5) is 10.5. The predicted molar refractivity (Wildman–Crippen MR) is 85.8 cm³/mol. The van der Waals surface area contributed by atoms with Crippen LogP contribution in [0.15, 0.2) is 53.2 Å². The van der Waals surface area contributed by atoms with Gasteiger partial charge in [0, 0.05) is 12.7 Å². The highest BCUT2D eigenvalue weighted by Crippen LogP contribution is 2.15. The van der Waals surface area contributed by atoms with Gasteiger partial charge in [-0.2, -0.15) is 4.98 Å². The monoisotopic (exact) mass is 328 g/mol. The molecule has 0 saturated carbocycles. The van der Waals surface area contributed by atoms with E-state index < -0.39 is 0 Å². The first-order valence-corrected chi connectivity index (χ1v) is 7.52. The number of hydrogen-bond donors (Lipinski definition) is 0. The maximum absolute atomic E-state index is 13.4. The number of para-hydroxylation sites is 1. The molecule has 3 aromatic rings. The lowest BCUT2D eigenvalue weighted by Gasteiger charge is -2.14. The van der Waals surface area contributed by atoms with E-state index in [1.165, 1.54) is 6.07 Å². The van der Waals surface area contributed by atoms with Gasteiger partial charge in [-0.1, -0.05) is 23.4 Å². The fourth-order valence-electron chi connectivity index (χ4n) is 2.10. The van der Waals surface area contributed by atoms with Gasteiger partial charge in [0.05, 0.1) is 6.54 Å². The molecule has 6 nitrogen and oxygen atoms in total. The molecule has 0 aliphatic heterocycles. The predicted octanol–water partition coefficient (Wildman–Crippen LogP) is 2.78. The molecule has 0 amide bonds. The molecule has 0 unspecified atom stereocenters. The molecular formula is C17H17FN4O2. The van der Waals surface area contributed by atoms with Gasteiger partial charge in [-0.15, -0.1) is 0 Å². The van der Waals surface area contributed by atoms with E-state index in [9.17, 15) is 4.39 Å². The number of benzene rings is 1. The van der Waals surface area contributed by atoms with E-state index in [1.807, 2.05) is 30.1 Å². The van der Waals surface area contributed by atoms with Crippen molar-refractivity contribution < 1.29 is 13.7 Å². The fourth-order valence-corrected chi connectivity index (χ4v) is 2.10. The van der Waals surface area contributed by atoms with Crippen molar-refractivity contribution >= 4 is 0 Å². The Morgan fingerprint density at radius 1 is 1.17 bits per heavy atom. The van der Waals surface area contributed by atoms with Crippen molar-refractivity contribution in [3.63, 3.8) is 0 Å². The number of hydrogen-bond acceptors (Lipinski definition) is 6. The highest BCUT2D eigenvalue weighted by atomic mass is 19.1. The topological polar surface area (TPSA) is 64.3 Å². The van der Waals surface area contributed by atoms with Crippen molar-refractivity contribution in [1.82, 2.24) is 20.0 Å². The fraction of sp³-hybridized carbons (Fsp3) is 0.235. The summed E-state index contributed by atoms with van der Waals surface area (Å²) in [5, 5.41) is 3.92. The molecular weight excluding hydrogens is 311 g/mol. The van der Waals surface area contributed by atoms with Gasteiger partial charge in [0.25, 0.3) is 0 Å². The third-order valence-corrected chi connectivity index (χ3v) is 3.33. The minimum atomic E-state index is -0.364. The molecule has 0 aliphatic rings. The molecule has 0 atom stereocenters. The Morgan fingerprint density at radius 2 is 2.00 bits per heavy atom. The zero-order valence-electron chi connectivity index (χ0n) is 13.2. The van der Waals surface area contributed by atoms with Crippen LogP contribution in [0.25, 0.3) is 11.5 Å². The van der Waals surface area contributed by atoms with Crippen LogP contribution < -0.4 is 4.74 Å². The second-order valence-electron chi connectivity index (χ2n) is 5.24. The standard InChI is InChI=1S/C17H17FN4O2/c1-22(10-11-23-15-8-3-2-6-13(15)18)12-16-20-17(21-24-16)14-7-4-5-9-19-14/h2-9H,10-12H2,1H3. The van der Waals surface area contributed by atoms with Gasteiger partial charge in [-0.3, -0.25) is 9.88 Å². The van der Waals surface area contributed by atoms with Gasteiger partial charge < -0.3 is 9.26 Å². The lowest BCUT2D eigenvalue weighted by Crippen LogP contribution is -2.24. The first-order chi connectivity index (χ1) is 11.7. The maximum Gasteiger partial charge on any atom is 0.241 e. The Balaban J connectivity index is 1.50. The summed E-state index contributed by atoms with van der Waals surface area (Å²) in [5.41, 5.74) is 0.665. The van der Waals surface area contributed by atoms with Crippen LogP contribution in [-0.4, -0.2) is 40.2 Å². The molecule has 24 heavy (non-hydrogen) atoms. The van der Waals surface area contributed by atoms with Crippen molar-refractivity contribution in [2.45, 2.75) is 6.54 Å². The summed E-state index contributed by atoms with van der Waals surface area (Å²) in [6, 6.07) is 11.9. The van der Waals surface area contributed by atoms with E-state index in [-0.39, 0.29) is 11.6 Å². The molecule has 0 aliphatic carbocycles. The summed E-state index contributed by atoms with van der Waals surface area (Å²) in [6.45, 7) is 1.43. The quantitative estimate of drug-likeness (QED) is 0.664. The Kier molecular flexibility index (Phi) is 5.12. The van der Waals surface area contributed by atoms with Crippen molar-refractivity contribution in [2.24, 2.45) is 0 Å². The molecule has 0 radical (unpaired) electrons. The average molecular weight is 328 g/mol. The van der Waals surface area contributed by atoms with E-state index in [4.69, 9.17) is 9.26 Å². The van der Waals surface area contributed by atoms with Crippen LogP contribution in [0.2, 0.25) is 0 Å². The molecule has 2 heterocycles. The van der Waals surface area contributed by atoms with Gasteiger partial charge in [0.1, 0.15) is 12.3 Å². The second kappa shape index (κ2) is 7.65. The highest BCUT2D eigenvalue weighted by Gasteiger charge is 2.11. The first-order valence-electron chi connectivity index (χ1n) is 7.52. The zero-order valence-corrected chi connectivity index (χ0v) is 13.2. The zero-order chi connectivity index (χ0) is 16.8. The molecule has 0 saturated heterocycles. The Morgan fingerprint density at radius 3 is 2.79 bits per heavy atom. The van der Waals surface area contributed by atoms with E-state index >= 15 is 0 Å². The molecule has 124 valence electrons. The minimum absolute atomic E-state index is 0.251. The van der Waals surface area contributed by atoms with E-state index in [1.54, 1.807) is 24.4 Å². The number of likely N-dealkylation sites (N-methyl/N-ethyl adjacent to an activating group) is 1. The number of halogens is 1. The Hall–Kier alpha value is -2.80. The van der Waals surface area contributed by atoms with E-state index in [0.717, 1.165) is 0 Å². The van der Waals surface area contributed by atoms with Gasteiger partial charge in [0.2, 0.25) is 11.7 Å². The number of ether oxygens (including phenoxy) is 1. The van der Waals surface area contributed by atoms with Crippen molar-refractivity contribution in [3.05, 3.63) is 60.4 Å². The molecule has 0 fully saturated rings. The SMILES string of the molecule is CN(CCOc1ccccc1F)Cc1nc(-c2ccccn2)no1. The van der Waals surface area contributed by atoms with Crippen molar-refractivity contribution in [2.75, 3.05) is 20.2 Å². The van der Waals surface area contributed by atoms with Gasteiger partial charge >= 0.3 is 0 Å². The molecule has 1 aromatic carbocycles. The van der Waals surface area contributed by atoms with Crippen molar-refractivity contribution in [1.29, 1.82) is 0 Å². The first kappa shape index (κ1) is 16.1. The van der Waals surface area contributed by atoms with Gasteiger partial charge in [-0.25, -0.2) is 4.39 Å². The molecule has 0 N–H and O–H groups in total. The normalized spacial score (nSPS) is 11.0. The van der Waals surface area contributed by atoms with E-state index in [2.05, 4.69) is 15.1 Å². The molecule has 7 heteroatoms. The van der Waals surface area contributed by atoms with Gasteiger partial charge in [0.15, 0.2) is 11.6 Å². The summed E-state index contributed by atoms with van der Waals surface area (Å²) < 4.78 is 24.1. The number of rotatable bonds is 7. The Bertz CT molecular complexity index is 779. The van der Waals surface area contributed by atoms with Crippen LogP contribution in [0, 0.1) is 5.82 Å². The lowest BCUT2D eigenvalue weighted by atomic mass is 10.3. The number of pyridine rings is 1. The van der Waals surface area contributed by atoms with Crippen LogP contribution >= 0.6 is 0 Å². The minimum Gasteiger partial charge on any atom is -0.489 e. The van der Waals surface area contributed by atoms with E-state index in [0.29, 0.717) is 37.1 Å². The molecule has 2 aromatic heterocycles.